The van der Waals surface area contributed by atoms with E-state index < -0.39 is 56.3 Å². The fourth-order valence-corrected chi connectivity index (χ4v) is 6.12. The van der Waals surface area contributed by atoms with Crippen molar-refractivity contribution in [1.82, 2.24) is 0 Å². The molecular formula is C10H11F2O8S2-. The quantitative estimate of drug-likeness (QED) is 0.218. The van der Waals surface area contributed by atoms with Gasteiger partial charge in [0.05, 0.1) is 5.25 Å². The minimum Gasteiger partial charge on any atom is -0.691 e. The molecule has 1 heterocycles. The van der Waals surface area contributed by atoms with Gasteiger partial charge in [-0.2, -0.15) is 21.5 Å². The lowest BCUT2D eigenvalue weighted by Crippen LogP contribution is -2.44. The van der Waals surface area contributed by atoms with E-state index >= 15 is 0 Å². The number of fused-ring (bicyclic) bond motifs is 1. The number of halogens is 2. The molecule has 3 fully saturated rings. The second kappa shape index (κ2) is 4.98. The van der Waals surface area contributed by atoms with Crippen LogP contribution >= 0.6 is 12.0 Å². The zero-order valence-electron chi connectivity index (χ0n) is 11.1. The smallest absolute Gasteiger partial charge is 0.415 e. The lowest BCUT2D eigenvalue weighted by Gasteiger charge is -2.30. The van der Waals surface area contributed by atoms with Crippen molar-refractivity contribution in [2.75, 3.05) is 0 Å². The Morgan fingerprint density at radius 3 is 2.82 bits per heavy atom. The van der Waals surface area contributed by atoms with Gasteiger partial charge in [0.15, 0.2) is 0 Å². The summed E-state index contributed by atoms with van der Waals surface area (Å²) in [6, 6.07) is 0. The maximum atomic E-state index is 13.4. The monoisotopic (exact) mass is 361 g/mol. The van der Waals surface area contributed by atoms with Crippen LogP contribution in [0, 0.1) is 11.3 Å². The summed E-state index contributed by atoms with van der Waals surface area (Å²) in [7, 11) is -3.78. The molecule has 2 saturated carbocycles. The van der Waals surface area contributed by atoms with Gasteiger partial charge in [-0.3, -0.25) is 9.22 Å². The van der Waals surface area contributed by atoms with E-state index in [1.807, 2.05) is 0 Å². The molecule has 126 valence electrons. The molecule has 0 aromatic heterocycles. The van der Waals surface area contributed by atoms with Crippen LogP contribution in [0.5, 0.6) is 0 Å². The summed E-state index contributed by atoms with van der Waals surface area (Å²) in [5, 5.41) is 7.45. The van der Waals surface area contributed by atoms with Crippen molar-refractivity contribution < 1.29 is 45.5 Å². The van der Waals surface area contributed by atoms with E-state index in [-0.39, 0.29) is 12.3 Å². The molecule has 22 heavy (non-hydrogen) atoms. The zero-order chi connectivity index (χ0) is 16.3. The fourth-order valence-electron chi connectivity index (χ4n) is 3.76. The van der Waals surface area contributed by atoms with Gasteiger partial charge in [0.25, 0.3) is 10.1 Å². The molecule has 0 N–H and O–H groups in total. The predicted molar refractivity (Wildman–Crippen MR) is 63.0 cm³/mol. The molecule has 0 amide bonds. The Hall–Kier alpha value is -0.530. The molecule has 3 rings (SSSR count). The topological polar surface area (TPSA) is 111 Å². The van der Waals surface area contributed by atoms with Gasteiger partial charge in [-0.1, -0.05) is 6.92 Å². The second-order valence-corrected chi connectivity index (χ2v) is 8.37. The lowest BCUT2D eigenvalue weighted by atomic mass is 9.82. The number of hydrogen-bond donors (Lipinski definition) is 0. The summed E-state index contributed by atoms with van der Waals surface area (Å²) in [5.74, 6) is -2.31. The molecular weight excluding hydrogens is 350 g/mol. The SMILES string of the molecule is CC12CC3CC1S(=O)(=O)OC2C3OC(=O)C(F)(F)SOO[O-]. The highest BCUT2D eigenvalue weighted by molar-refractivity contribution is 7.96. The van der Waals surface area contributed by atoms with Crippen LogP contribution in [0.2, 0.25) is 0 Å². The third-order valence-electron chi connectivity index (χ3n) is 4.60. The largest absolute Gasteiger partial charge is 0.691 e. The lowest BCUT2D eigenvalue weighted by molar-refractivity contribution is -0.777. The van der Waals surface area contributed by atoms with E-state index in [4.69, 9.17) is 8.92 Å². The Kier molecular flexibility index (Phi) is 3.70. The van der Waals surface area contributed by atoms with Gasteiger partial charge in [-0.25, -0.2) is 4.79 Å². The number of carbonyl (C=O) groups excluding carboxylic acids is 1. The van der Waals surface area contributed by atoms with Crippen molar-refractivity contribution in [3.8, 4) is 0 Å². The van der Waals surface area contributed by atoms with E-state index in [0.717, 1.165) is 0 Å². The summed E-state index contributed by atoms with van der Waals surface area (Å²) in [6.07, 6.45) is -1.43. The van der Waals surface area contributed by atoms with Crippen LogP contribution in [0.15, 0.2) is 0 Å². The first-order valence-corrected chi connectivity index (χ1v) is 8.48. The summed E-state index contributed by atoms with van der Waals surface area (Å²) in [5.41, 5.74) is -0.745. The molecule has 0 aromatic rings. The van der Waals surface area contributed by atoms with E-state index in [2.05, 4.69) is 9.37 Å². The van der Waals surface area contributed by atoms with Crippen molar-refractivity contribution in [3.63, 3.8) is 0 Å². The normalized spacial score (nSPS) is 41.8. The van der Waals surface area contributed by atoms with Crippen LogP contribution in [0.3, 0.4) is 0 Å². The van der Waals surface area contributed by atoms with Gasteiger partial charge in [0.1, 0.15) is 24.3 Å². The average Bonchev–Trinajstić information content (AvgIpc) is 2.92. The van der Waals surface area contributed by atoms with Crippen molar-refractivity contribution in [2.45, 2.75) is 42.5 Å². The van der Waals surface area contributed by atoms with Crippen molar-refractivity contribution in [1.29, 1.82) is 0 Å². The summed E-state index contributed by atoms with van der Waals surface area (Å²) < 4.78 is 63.7. The van der Waals surface area contributed by atoms with Crippen LogP contribution in [-0.2, 0) is 33.2 Å². The second-order valence-electron chi connectivity index (χ2n) is 5.81. The minimum absolute atomic E-state index is 0.201. The summed E-state index contributed by atoms with van der Waals surface area (Å²) >= 11 is -0.793. The van der Waals surface area contributed by atoms with E-state index in [1.54, 1.807) is 6.92 Å². The van der Waals surface area contributed by atoms with E-state index in [9.17, 15) is 27.3 Å². The molecule has 8 nitrogen and oxygen atoms in total. The first kappa shape index (κ1) is 16.3. The highest BCUT2D eigenvalue weighted by Crippen LogP contribution is 2.63. The average molecular weight is 361 g/mol. The van der Waals surface area contributed by atoms with Crippen molar-refractivity contribution >= 4 is 28.1 Å². The van der Waals surface area contributed by atoms with Gasteiger partial charge in [-0.15, -0.1) is 0 Å². The summed E-state index contributed by atoms with van der Waals surface area (Å²) in [4.78, 5) is 11.5. The van der Waals surface area contributed by atoms with E-state index in [1.165, 1.54) is 0 Å². The highest BCUT2D eigenvalue weighted by Gasteiger charge is 2.72. The third-order valence-corrected chi connectivity index (χ3v) is 7.00. The molecule has 0 spiro atoms. The number of alkyl halides is 2. The van der Waals surface area contributed by atoms with Gasteiger partial charge in [0, 0.05) is 11.3 Å². The molecule has 5 unspecified atom stereocenters. The third kappa shape index (κ3) is 2.24. The van der Waals surface area contributed by atoms with Gasteiger partial charge >= 0.3 is 11.2 Å². The van der Waals surface area contributed by atoms with Gasteiger partial charge < -0.3 is 9.99 Å². The Balaban J connectivity index is 1.75. The van der Waals surface area contributed by atoms with Crippen LogP contribution < -0.4 is 5.26 Å². The first-order valence-electron chi connectivity index (χ1n) is 6.27. The Morgan fingerprint density at radius 2 is 2.18 bits per heavy atom. The molecule has 2 aliphatic carbocycles. The van der Waals surface area contributed by atoms with Crippen LogP contribution in [0.1, 0.15) is 19.8 Å². The molecule has 12 heteroatoms. The number of hydrogen-bond acceptors (Lipinski definition) is 9. The zero-order valence-corrected chi connectivity index (χ0v) is 12.7. The first-order chi connectivity index (χ1) is 10.1. The molecule has 2 bridgehead atoms. The van der Waals surface area contributed by atoms with Crippen molar-refractivity contribution in [3.05, 3.63) is 0 Å². The molecule has 5 atom stereocenters. The molecule has 1 saturated heterocycles. The summed E-state index contributed by atoms with van der Waals surface area (Å²) in [6.45, 7) is 1.68. The fraction of sp³-hybridized carbons (Fsp3) is 0.900. The Bertz CT molecular complexity index is 596. The van der Waals surface area contributed by atoms with Crippen LogP contribution in [0.25, 0.3) is 0 Å². The molecule has 0 aromatic carbocycles. The van der Waals surface area contributed by atoms with Crippen LogP contribution in [-0.4, -0.2) is 37.1 Å². The Labute approximate surface area is 128 Å². The van der Waals surface area contributed by atoms with Gasteiger partial charge in [0.2, 0.25) is 0 Å². The number of carbonyl (C=O) groups is 1. The number of ether oxygens (including phenoxy) is 1. The Morgan fingerprint density at radius 1 is 1.50 bits per heavy atom. The van der Waals surface area contributed by atoms with Crippen molar-refractivity contribution in [2.24, 2.45) is 11.3 Å². The number of rotatable bonds is 5. The number of esters is 1. The highest BCUT2D eigenvalue weighted by atomic mass is 32.2. The predicted octanol–water partition coefficient (Wildman–Crippen LogP) is -0.110. The minimum atomic E-state index is -4.16. The maximum absolute atomic E-state index is 13.4. The molecule has 3 aliphatic rings. The molecule has 0 radical (unpaired) electrons. The maximum Gasteiger partial charge on any atom is 0.415 e. The van der Waals surface area contributed by atoms with E-state index in [0.29, 0.717) is 6.42 Å². The van der Waals surface area contributed by atoms with Crippen LogP contribution in [0.4, 0.5) is 8.78 Å². The standard InChI is InChI=1S/C10H12F2O8S2/c1-9-3-4-2-5(9)22(15,16)18-7(9)6(4)17-8(13)10(11,12)21-20-19-14/h4-7,14H,2-3H2,1H3/p-1. The molecule has 1 aliphatic heterocycles. The van der Waals surface area contributed by atoms with Gasteiger partial charge in [-0.05, 0) is 12.8 Å².